The summed E-state index contributed by atoms with van der Waals surface area (Å²) in [4.78, 5) is 34.4. The Morgan fingerprint density at radius 1 is 1.14 bits per heavy atom. The molecule has 0 aliphatic carbocycles. The molecule has 3 N–H and O–H groups in total. The molecule has 0 unspecified atom stereocenters. The van der Waals surface area contributed by atoms with Gasteiger partial charge in [0, 0.05) is 17.3 Å². The van der Waals surface area contributed by atoms with Gasteiger partial charge in [-0.15, -0.1) is 0 Å². The quantitative estimate of drug-likeness (QED) is 0.635. The number of nitrogens with zero attached hydrogens (tertiary/aromatic N) is 1. The lowest BCUT2D eigenvalue weighted by molar-refractivity contribution is -0.684. The Balaban J connectivity index is 2.07. The molecular weight excluding hydrogens is 282 g/mol. The zero-order chi connectivity index (χ0) is 16.1. The molecule has 2 amide bonds. The van der Waals surface area contributed by atoms with Crippen molar-refractivity contribution < 1.29 is 19.0 Å². The van der Waals surface area contributed by atoms with Crippen LogP contribution in [0.4, 0.5) is 5.69 Å². The topological polar surface area (TPSA) is 93.1 Å². The number of Topliss-reactive ketones (excluding diaryl/α,β-unsaturated/α-hetero) is 1. The fourth-order valence-electron chi connectivity index (χ4n) is 1.95. The van der Waals surface area contributed by atoms with Gasteiger partial charge in [-0.25, -0.2) is 0 Å². The Bertz CT molecular complexity index is 679. The van der Waals surface area contributed by atoms with Crippen LogP contribution in [0.5, 0.6) is 0 Å². The van der Waals surface area contributed by atoms with Crippen molar-refractivity contribution in [1.82, 2.24) is 0 Å². The summed E-state index contributed by atoms with van der Waals surface area (Å²) >= 11 is 0. The number of hydrogen-bond acceptors (Lipinski definition) is 3. The second-order valence-electron chi connectivity index (χ2n) is 4.81. The number of carbonyl (C=O) groups is 3. The molecule has 0 atom stereocenters. The summed E-state index contributed by atoms with van der Waals surface area (Å²) in [6, 6.07) is 9.92. The van der Waals surface area contributed by atoms with Gasteiger partial charge in [0.25, 0.3) is 11.8 Å². The minimum absolute atomic E-state index is 0.0332. The summed E-state index contributed by atoms with van der Waals surface area (Å²) < 4.78 is 1.56. The predicted octanol–water partition coefficient (Wildman–Crippen LogP) is 0.914. The molecule has 0 saturated carbocycles. The highest BCUT2D eigenvalue weighted by Crippen LogP contribution is 2.11. The molecule has 0 saturated heterocycles. The number of nitrogens with one attached hydrogen (secondary N) is 1. The highest BCUT2D eigenvalue weighted by atomic mass is 16.2. The van der Waals surface area contributed by atoms with Gasteiger partial charge in [-0.3, -0.25) is 14.4 Å². The van der Waals surface area contributed by atoms with Crippen LogP contribution in [0, 0.1) is 0 Å². The van der Waals surface area contributed by atoms with Crippen LogP contribution in [0.1, 0.15) is 27.6 Å². The number of aromatic nitrogens is 1. The minimum Gasteiger partial charge on any atom is -0.365 e. The van der Waals surface area contributed by atoms with Gasteiger partial charge in [0.05, 0.1) is 0 Å². The van der Waals surface area contributed by atoms with Crippen LogP contribution in [0.15, 0.2) is 48.8 Å². The molecule has 2 aromatic rings. The van der Waals surface area contributed by atoms with Crippen LogP contribution in [0.2, 0.25) is 0 Å². The van der Waals surface area contributed by atoms with E-state index in [9.17, 15) is 14.4 Å². The zero-order valence-electron chi connectivity index (χ0n) is 12.1. The summed E-state index contributed by atoms with van der Waals surface area (Å²) in [5.74, 6) is -0.893. The van der Waals surface area contributed by atoms with E-state index in [1.54, 1.807) is 47.2 Å². The van der Waals surface area contributed by atoms with Crippen LogP contribution in [0.25, 0.3) is 0 Å². The van der Waals surface area contributed by atoms with E-state index in [0.717, 1.165) is 0 Å². The Morgan fingerprint density at radius 3 is 2.55 bits per heavy atom. The van der Waals surface area contributed by atoms with E-state index in [0.29, 0.717) is 16.8 Å². The van der Waals surface area contributed by atoms with Gasteiger partial charge in [0.1, 0.15) is 5.56 Å². The molecule has 1 heterocycles. The highest BCUT2D eigenvalue weighted by Gasteiger charge is 2.12. The summed E-state index contributed by atoms with van der Waals surface area (Å²) in [5.41, 5.74) is 6.60. The van der Waals surface area contributed by atoms with Crippen LogP contribution in [0.3, 0.4) is 0 Å². The van der Waals surface area contributed by atoms with Crippen molar-refractivity contribution in [2.75, 3.05) is 5.32 Å². The van der Waals surface area contributed by atoms with Crippen molar-refractivity contribution in [2.45, 2.75) is 13.5 Å². The molecule has 1 aromatic carbocycles. The summed E-state index contributed by atoms with van der Waals surface area (Å²) in [6.45, 7) is 1.50. The van der Waals surface area contributed by atoms with E-state index in [4.69, 9.17) is 5.73 Å². The van der Waals surface area contributed by atoms with Gasteiger partial charge in [-0.2, -0.15) is 4.57 Å². The Morgan fingerprint density at radius 2 is 1.86 bits per heavy atom. The Kier molecular flexibility index (Phi) is 4.63. The molecule has 0 spiro atoms. The number of primary amides is 1. The Hall–Kier alpha value is -3.02. The first kappa shape index (κ1) is 15.4. The molecule has 22 heavy (non-hydrogen) atoms. The zero-order valence-corrected chi connectivity index (χ0v) is 12.1. The average molecular weight is 298 g/mol. The smallest absolute Gasteiger partial charge is 0.290 e. The van der Waals surface area contributed by atoms with E-state index in [-0.39, 0.29) is 18.2 Å². The lowest BCUT2D eigenvalue weighted by Gasteiger charge is -2.05. The van der Waals surface area contributed by atoms with Gasteiger partial charge in [0.15, 0.2) is 18.2 Å². The SMILES string of the molecule is CC(=O)c1cccc(NC(=O)C[n+]2cccc(C(N)=O)c2)c1. The monoisotopic (exact) mass is 298 g/mol. The van der Waals surface area contributed by atoms with Crippen molar-refractivity contribution in [1.29, 1.82) is 0 Å². The molecule has 0 bridgehead atoms. The first-order valence-corrected chi connectivity index (χ1v) is 6.65. The molecule has 112 valence electrons. The molecular formula is C16H16N3O3+. The highest BCUT2D eigenvalue weighted by molar-refractivity contribution is 5.96. The van der Waals surface area contributed by atoms with Crippen molar-refractivity contribution in [3.63, 3.8) is 0 Å². The molecule has 2 rings (SSSR count). The van der Waals surface area contributed by atoms with Crippen LogP contribution in [-0.2, 0) is 11.3 Å². The maximum absolute atomic E-state index is 12.0. The summed E-state index contributed by atoms with van der Waals surface area (Å²) in [6.07, 6.45) is 3.17. The normalized spacial score (nSPS) is 10.0. The molecule has 6 nitrogen and oxygen atoms in total. The number of anilines is 1. The number of hydrogen-bond donors (Lipinski definition) is 2. The molecule has 0 aliphatic heterocycles. The van der Waals surface area contributed by atoms with Crippen LogP contribution < -0.4 is 15.6 Å². The molecule has 6 heteroatoms. The van der Waals surface area contributed by atoms with Gasteiger partial charge in [0.2, 0.25) is 6.54 Å². The summed E-state index contributed by atoms with van der Waals surface area (Å²) in [7, 11) is 0. The number of ketones is 1. The third-order valence-corrected chi connectivity index (χ3v) is 3.02. The maximum atomic E-state index is 12.0. The van der Waals surface area contributed by atoms with Crippen molar-refractivity contribution >= 4 is 23.3 Å². The third kappa shape index (κ3) is 3.99. The van der Waals surface area contributed by atoms with Crippen molar-refractivity contribution in [3.05, 3.63) is 59.9 Å². The van der Waals surface area contributed by atoms with Gasteiger partial charge < -0.3 is 11.1 Å². The Labute approximate surface area is 127 Å². The van der Waals surface area contributed by atoms with E-state index in [2.05, 4.69) is 5.32 Å². The van der Waals surface area contributed by atoms with E-state index < -0.39 is 5.91 Å². The fourth-order valence-corrected chi connectivity index (χ4v) is 1.95. The maximum Gasteiger partial charge on any atom is 0.290 e. The largest absolute Gasteiger partial charge is 0.365 e. The molecule has 0 fully saturated rings. The lowest BCUT2D eigenvalue weighted by Crippen LogP contribution is -2.40. The molecule has 0 radical (unpaired) electrons. The standard InChI is InChI=1S/C16H15N3O3/c1-11(20)12-4-2-6-14(8-12)18-15(21)10-19-7-3-5-13(9-19)16(17)22/h2-9H,10H2,1H3,(H2-,17,18,21,22)/p+1. The minimum atomic E-state index is -0.552. The van der Waals surface area contributed by atoms with Crippen molar-refractivity contribution in [3.8, 4) is 0 Å². The molecule has 0 aliphatic rings. The number of pyridine rings is 1. The molecule has 1 aromatic heterocycles. The first-order valence-electron chi connectivity index (χ1n) is 6.65. The van der Waals surface area contributed by atoms with Crippen molar-refractivity contribution in [2.24, 2.45) is 5.73 Å². The van der Waals surface area contributed by atoms with Crippen LogP contribution >= 0.6 is 0 Å². The number of nitrogens with two attached hydrogens (primary N) is 1. The third-order valence-electron chi connectivity index (χ3n) is 3.02. The van der Waals surface area contributed by atoms with Crippen LogP contribution in [-0.4, -0.2) is 17.6 Å². The van der Waals surface area contributed by atoms with E-state index in [1.807, 2.05) is 0 Å². The number of benzene rings is 1. The lowest BCUT2D eigenvalue weighted by atomic mass is 10.1. The van der Waals surface area contributed by atoms with Gasteiger partial charge >= 0.3 is 0 Å². The number of carbonyl (C=O) groups excluding carboxylic acids is 3. The predicted molar refractivity (Wildman–Crippen MR) is 80.2 cm³/mol. The number of rotatable bonds is 5. The first-order chi connectivity index (χ1) is 10.5. The van der Waals surface area contributed by atoms with Gasteiger partial charge in [-0.05, 0) is 25.1 Å². The number of amides is 2. The van der Waals surface area contributed by atoms with E-state index >= 15 is 0 Å². The second-order valence-corrected chi connectivity index (χ2v) is 4.81. The van der Waals surface area contributed by atoms with Gasteiger partial charge in [-0.1, -0.05) is 12.1 Å². The fraction of sp³-hybridized carbons (Fsp3) is 0.125. The second kappa shape index (κ2) is 6.62. The average Bonchev–Trinajstić information content (AvgIpc) is 2.47. The summed E-state index contributed by atoms with van der Waals surface area (Å²) in [5, 5.41) is 2.71. The van der Waals surface area contributed by atoms with E-state index in [1.165, 1.54) is 13.1 Å².